The number of carbonyl (C=O) groups excluding carboxylic acids is 2. The zero-order valence-electron chi connectivity index (χ0n) is 12.3. The number of esters is 1. The van der Waals surface area contributed by atoms with Crippen molar-refractivity contribution >= 4 is 39.2 Å². The van der Waals surface area contributed by atoms with E-state index in [0.29, 0.717) is 0 Å². The molecule has 0 spiro atoms. The number of carbonyl (C=O) groups is 2. The molecular weight excluding hydrogens is 332 g/mol. The third-order valence-electron chi connectivity index (χ3n) is 2.60. The lowest BCUT2D eigenvalue weighted by Crippen LogP contribution is -2.34. The Morgan fingerprint density at radius 2 is 2.00 bits per heavy atom. The Morgan fingerprint density at radius 3 is 2.55 bits per heavy atom. The molecule has 1 atom stereocenters. The molecular formula is C13H17ClN2O5S. The predicted molar refractivity (Wildman–Crippen MR) is 83.5 cm³/mol. The maximum atomic E-state index is 12.1. The first-order valence-corrected chi connectivity index (χ1v) is 8.54. The van der Waals surface area contributed by atoms with E-state index in [2.05, 4.69) is 14.8 Å². The SMILES string of the molecule is COC(=O)CC(C)NC(=O)c1ccc(Cl)c(NS(C)(=O)=O)c1. The highest BCUT2D eigenvalue weighted by atomic mass is 35.5. The summed E-state index contributed by atoms with van der Waals surface area (Å²) in [5.41, 5.74) is 0.324. The molecule has 0 aliphatic rings. The number of hydrogen-bond donors (Lipinski definition) is 2. The van der Waals surface area contributed by atoms with Gasteiger partial charge in [-0.05, 0) is 25.1 Å². The largest absolute Gasteiger partial charge is 0.469 e. The molecule has 0 fully saturated rings. The topological polar surface area (TPSA) is 102 Å². The molecule has 0 aliphatic carbocycles. The van der Waals surface area contributed by atoms with Gasteiger partial charge < -0.3 is 10.1 Å². The summed E-state index contributed by atoms with van der Waals surface area (Å²) in [5.74, 6) is -0.895. The lowest BCUT2D eigenvalue weighted by atomic mass is 10.1. The maximum absolute atomic E-state index is 12.1. The molecule has 0 aliphatic heterocycles. The zero-order chi connectivity index (χ0) is 16.9. The highest BCUT2D eigenvalue weighted by molar-refractivity contribution is 7.92. The minimum absolute atomic E-state index is 0.0320. The molecule has 2 N–H and O–H groups in total. The van der Waals surface area contributed by atoms with Crippen LogP contribution in [0, 0.1) is 0 Å². The van der Waals surface area contributed by atoms with E-state index < -0.39 is 27.9 Å². The second kappa shape index (κ2) is 7.46. The second-order valence-electron chi connectivity index (χ2n) is 4.72. The van der Waals surface area contributed by atoms with Crippen LogP contribution in [0.3, 0.4) is 0 Å². The van der Waals surface area contributed by atoms with Crippen LogP contribution in [0.5, 0.6) is 0 Å². The summed E-state index contributed by atoms with van der Waals surface area (Å²) in [5, 5.41) is 2.78. The standard InChI is InChI=1S/C13H17ClN2O5S/c1-8(6-12(17)21-2)15-13(18)9-4-5-10(14)11(7-9)16-22(3,19)20/h4-5,7-8,16H,6H2,1-3H3,(H,15,18). The Labute approximate surface area is 134 Å². The molecule has 0 radical (unpaired) electrons. The smallest absolute Gasteiger partial charge is 0.307 e. The fraction of sp³-hybridized carbons (Fsp3) is 0.385. The number of methoxy groups -OCH3 is 1. The van der Waals surface area contributed by atoms with Gasteiger partial charge in [-0.25, -0.2) is 8.42 Å². The fourth-order valence-corrected chi connectivity index (χ4v) is 2.43. The molecule has 1 aromatic rings. The van der Waals surface area contributed by atoms with Crippen LogP contribution in [-0.4, -0.2) is 39.7 Å². The lowest BCUT2D eigenvalue weighted by Gasteiger charge is -2.14. The normalized spacial score (nSPS) is 12.4. The molecule has 0 bridgehead atoms. The predicted octanol–water partition coefficient (Wildman–Crippen LogP) is 1.39. The van der Waals surface area contributed by atoms with Crippen molar-refractivity contribution in [2.45, 2.75) is 19.4 Å². The Morgan fingerprint density at radius 1 is 1.36 bits per heavy atom. The van der Waals surface area contributed by atoms with Crippen LogP contribution >= 0.6 is 11.6 Å². The van der Waals surface area contributed by atoms with Gasteiger partial charge in [-0.15, -0.1) is 0 Å². The van der Waals surface area contributed by atoms with Gasteiger partial charge in [0.1, 0.15) is 0 Å². The highest BCUT2D eigenvalue weighted by Crippen LogP contribution is 2.24. The molecule has 122 valence electrons. The third kappa shape index (κ3) is 5.90. The first kappa shape index (κ1) is 18.2. The van der Waals surface area contributed by atoms with Crippen molar-refractivity contribution in [1.82, 2.24) is 5.32 Å². The van der Waals surface area contributed by atoms with E-state index in [1.807, 2.05) is 0 Å². The van der Waals surface area contributed by atoms with E-state index in [1.165, 1.54) is 25.3 Å². The van der Waals surface area contributed by atoms with E-state index in [4.69, 9.17) is 11.6 Å². The number of benzene rings is 1. The van der Waals surface area contributed by atoms with Gasteiger partial charge in [-0.2, -0.15) is 0 Å². The maximum Gasteiger partial charge on any atom is 0.307 e. The van der Waals surface area contributed by atoms with Crippen molar-refractivity contribution in [3.05, 3.63) is 28.8 Å². The number of sulfonamides is 1. The summed E-state index contributed by atoms with van der Waals surface area (Å²) >= 11 is 5.88. The average Bonchev–Trinajstić information content (AvgIpc) is 2.39. The van der Waals surface area contributed by atoms with Crippen LogP contribution in [0.2, 0.25) is 5.02 Å². The fourth-order valence-electron chi connectivity index (χ4n) is 1.64. The zero-order valence-corrected chi connectivity index (χ0v) is 13.9. The van der Waals surface area contributed by atoms with Crippen molar-refractivity contribution in [2.75, 3.05) is 18.1 Å². The molecule has 0 saturated carbocycles. The number of anilines is 1. The Hall–Kier alpha value is -1.80. The van der Waals surface area contributed by atoms with Crippen molar-refractivity contribution < 1.29 is 22.7 Å². The summed E-state index contributed by atoms with van der Waals surface area (Å²) in [7, 11) is -2.25. The van der Waals surface area contributed by atoms with Crippen LogP contribution in [0.15, 0.2) is 18.2 Å². The first-order valence-electron chi connectivity index (χ1n) is 6.27. The molecule has 0 saturated heterocycles. The molecule has 1 rings (SSSR count). The van der Waals surface area contributed by atoms with E-state index in [0.717, 1.165) is 6.26 Å². The lowest BCUT2D eigenvalue weighted by molar-refractivity contribution is -0.141. The number of hydrogen-bond acceptors (Lipinski definition) is 5. The van der Waals surface area contributed by atoms with E-state index >= 15 is 0 Å². The van der Waals surface area contributed by atoms with Gasteiger partial charge in [0.05, 0.1) is 30.5 Å². The number of rotatable bonds is 6. The van der Waals surface area contributed by atoms with E-state index in [-0.39, 0.29) is 22.7 Å². The molecule has 7 nitrogen and oxygen atoms in total. The Balaban J connectivity index is 2.86. The number of nitrogens with one attached hydrogen (secondary N) is 2. The quantitative estimate of drug-likeness (QED) is 0.756. The van der Waals surface area contributed by atoms with Crippen LogP contribution in [-0.2, 0) is 19.6 Å². The van der Waals surface area contributed by atoms with Crippen molar-refractivity contribution in [3.63, 3.8) is 0 Å². The minimum atomic E-state index is -3.51. The molecule has 1 amide bonds. The van der Waals surface area contributed by atoms with Gasteiger partial charge in [0.15, 0.2) is 0 Å². The van der Waals surface area contributed by atoms with Crippen LogP contribution < -0.4 is 10.0 Å². The van der Waals surface area contributed by atoms with E-state index in [9.17, 15) is 18.0 Å². The molecule has 1 unspecified atom stereocenters. The summed E-state index contributed by atoms with van der Waals surface area (Å²) in [4.78, 5) is 23.2. The number of amides is 1. The van der Waals surface area contributed by atoms with Crippen molar-refractivity contribution in [3.8, 4) is 0 Å². The molecule has 0 heterocycles. The molecule has 0 aromatic heterocycles. The highest BCUT2D eigenvalue weighted by Gasteiger charge is 2.15. The number of ether oxygens (including phenoxy) is 1. The van der Waals surface area contributed by atoms with Crippen molar-refractivity contribution in [2.24, 2.45) is 0 Å². The average molecular weight is 349 g/mol. The summed E-state index contributed by atoms with van der Waals surface area (Å²) in [6, 6.07) is 3.76. The Bertz CT molecular complexity index is 675. The van der Waals surface area contributed by atoms with Gasteiger partial charge in [-0.1, -0.05) is 11.6 Å². The monoisotopic (exact) mass is 348 g/mol. The number of halogens is 1. The first-order chi connectivity index (χ1) is 10.1. The molecule has 9 heteroatoms. The summed E-state index contributed by atoms with van der Waals surface area (Å²) < 4.78 is 29.2. The minimum Gasteiger partial charge on any atom is -0.469 e. The van der Waals surface area contributed by atoms with Gasteiger partial charge in [0.2, 0.25) is 10.0 Å². The van der Waals surface area contributed by atoms with Gasteiger partial charge in [0.25, 0.3) is 5.91 Å². The second-order valence-corrected chi connectivity index (χ2v) is 6.88. The van der Waals surface area contributed by atoms with E-state index in [1.54, 1.807) is 6.92 Å². The Kier molecular flexibility index (Phi) is 6.19. The summed E-state index contributed by atoms with van der Waals surface area (Å²) in [6.45, 7) is 1.65. The van der Waals surface area contributed by atoms with Crippen LogP contribution in [0.4, 0.5) is 5.69 Å². The van der Waals surface area contributed by atoms with Gasteiger partial charge in [0, 0.05) is 11.6 Å². The third-order valence-corrected chi connectivity index (χ3v) is 3.52. The van der Waals surface area contributed by atoms with Crippen LogP contribution in [0.25, 0.3) is 0 Å². The molecule has 22 heavy (non-hydrogen) atoms. The molecule has 1 aromatic carbocycles. The van der Waals surface area contributed by atoms with Crippen molar-refractivity contribution in [1.29, 1.82) is 0 Å². The van der Waals surface area contributed by atoms with Gasteiger partial charge in [-0.3, -0.25) is 14.3 Å². The van der Waals surface area contributed by atoms with Crippen LogP contribution in [0.1, 0.15) is 23.7 Å². The summed E-state index contributed by atoms with van der Waals surface area (Å²) in [6.07, 6.45) is 1.01. The van der Waals surface area contributed by atoms with Gasteiger partial charge >= 0.3 is 5.97 Å².